The van der Waals surface area contributed by atoms with Crippen molar-refractivity contribution in [3.8, 4) is 5.75 Å². The average molecular weight is 674 g/mol. The number of hydrogen-bond donors (Lipinski definition) is 1. The average Bonchev–Trinajstić information content (AvgIpc) is 3.56. The number of thioether (sulfide) groups is 1. The molecule has 5 rings (SSSR count). The van der Waals surface area contributed by atoms with Gasteiger partial charge in [0.2, 0.25) is 5.91 Å². The van der Waals surface area contributed by atoms with Crippen LogP contribution in [0.3, 0.4) is 0 Å². The maximum Gasteiger partial charge on any atom is 0.416 e. The van der Waals surface area contributed by atoms with Crippen LogP contribution in [-0.4, -0.2) is 38.7 Å². The number of amides is 2. The van der Waals surface area contributed by atoms with Crippen molar-refractivity contribution in [2.75, 3.05) is 11.9 Å². The first kappa shape index (κ1) is 33.2. The lowest BCUT2D eigenvalue weighted by Crippen LogP contribution is -2.29. The van der Waals surface area contributed by atoms with Gasteiger partial charge in [0.05, 0.1) is 16.6 Å². The second-order valence-electron chi connectivity index (χ2n) is 11.1. The van der Waals surface area contributed by atoms with E-state index in [4.69, 9.17) is 17.0 Å². The number of nitrogens with zero attached hydrogens (tertiary/aromatic N) is 2. The van der Waals surface area contributed by atoms with Crippen LogP contribution in [0.25, 0.3) is 6.08 Å². The van der Waals surface area contributed by atoms with E-state index in [9.17, 15) is 22.8 Å². The van der Waals surface area contributed by atoms with Crippen molar-refractivity contribution < 1.29 is 27.5 Å². The van der Waals surface area contributed by atoms with Crippen LogP contribution in [0.15, 0.2) is 59.6 Å². The Morgan fingerprint density at radius 2 is 1.89 bits per heavy atom. The third-order valence-electron chi connectivity index (χ3n) is 7.64. The molecule has 2 aliphatic rings. The Morgan fingerprint density at radius 3 is 2.69 bits per heavy atom. The van der Waals surface area contributed by atoms with Crippen molar-refractivity contribution in [2.45, 2.75) is 76.5 Å². The molecule has 6 nitrogen and oxygen atoms in total. The second-order valence-corrected chi connectivity index (χ2v) is 13.9. The number of alkyl halides is 3. The number of thiocarbonyl (C=S) groups is 1. The lowest BCUT2D eigenvalue weighted by atomic mass is 9.97. The first-order valence-corrected chi connectivity index (χ1v) is 17.1. The van der Waals surface area contributed by atoms with Crippen LogP contribution in [0.1, 0.15) is 79.4 Å². The van der Waals surface area contributed by atoms with E-state index in [1.165, 1.54) is 48.4 Å². The molecule has 2 fully saturated rings. The summed E-state index contributed by atoms with van der Waals surface area (Å²) in [6.07, 6.45) is 7.62. The Hall–Kier alpha value is -3.22. The first-order chi connectivity index (χ1) is 21.7. The van der Waals surface area contributed by atoms with Crippen molar-refractivity contribution in [3.63, 3.8) is 0 Å². The third-order valence-corrected chi connectivity index (χ3v) is 9.93. The maximum atomic E-state index is 13.2. The summed E-state index contributed by atoms with van der Waals surface area (Å²) in [5.74, 6) is 0.496. The van der Waals surface area contributed by atoms with Gasteiger partial charge in [-0.2, -0.15) is 13.2 Å². The number of halogens is 3. The van der Waals surface area contributed by atoms with Crippen molar-refractivity contribution in [1.29, 1.82) is 0 Å². The van der Waals surface area contributed by atoms with E-state index in [0.29, 0.717) is 52.1 Å². The van der Waals surface area contributed by atoms with Crippen LogP contribution in [0.2, 0.25) is 0 Å². The lowest BCUT2D eigenvalue weighted by molar-refractivity contribution is -0.137. The number of hydrogen-bond acceptors (Lipinski definition) is 7. The minimum absolute atomic E-state index is 0.111. The lowest BCUT2D eigenvalue weighted by Gasteiger charge is -2.23. The number of unbranched alkanes of at least 4 members (excludes halogenated alkanes) is 2. The summed E-state index contributed by atoms with van der Waals surface area (Å²) in [4.78, 5) is 32.8. The highest BCUT2D eigenvalue weighted by atomic mass is 32.2. The number of rotatable bonds is 12. The van der Waals surface area contributed by atoms with Crippen LogP contribution in [-0.2, 0) is 22.2 Å². The minimum atomic E-state index is -4.39. The molecule has 2 aromatic carbocycles. The summed E-state index contributed by atoms with van der Waals surface area (Å²) in [7, 11) is 0. The molecule has 0 atom stereocenters. The smallest absolute Gasteiger partial charge is 0.416 e. The number of ether oxygens (including phenoxy) is 1. The molecule has 0 spiro atoms. The quantitative estimate of drug-likeness (QED) is 0.118. The normalized spacial score (nSPS) is 16.9. The van der Waals surface area contributed by atoms with Gasteiger partial charge in [-0.05, 0) is 62.3 Å². The molecule has 3 aromatic rings. The molecular weight excluding hydrogens is 640 g/mol. The molecule has 0 bridgehead atoms. The summed E-state index contributed by atoms with van der Waals surface area (Å²) in [5, 5.41) is 3.18. The number of thiazole rings is 1. The van der Waals surface area contributed by atoms with Gasteiger partial charge in [0, 0.05) is 36.0 Å². The van der Waals surface area contributed by atoms with Crippen LogP contribution in [0, 0.1) is 0 Å². The molecule has 1 aliphatic heterocycles. The highest BCUT2D eigenvalue weighted by Crippen LogP contribution is 2.35. The molecule has 1 saturated heterocycles. The fourth-order valence-electron chi connectivity index (χ4n) is 5.32. The number of carbonyl (C=O) groups is 2. The number of anilines is 1. The minimum Gasteiger partial charge on any atom is -0.490 e. The molecule has 1 saturated carbocycles. The fraction of sp³-hybridized carbons (Fsp3) is 0.394. The highest BCUT2D eigenvalue weighted by molar-refractivity contribution is 8.26. The first-order valence-electron chi connectivity index (χ1n) is 15.1. The van der Waals surface area contributed by atoms with Gasteiger partial charge in [-0.3, -0.25) is 14.5 Å². The van der Waals surface area contributed by atoms with Crippen molar-refractivity contribution in [2.24, 2.45) is 0 Å². The van der Waals surface area contributed by atoms with E-state index < -0.39 is 11.7 Å². The van der Waals surface area contributed by atoms with Gasteiger partial charge >= 0.3 is 6.18 Å². The van der Waals surface area contributed by atoms with Gasteiger partial charge in [-0.1, -0.05) is 73.2 Å². The third kappa shape index (κ3) is 9.40. The zero-order valence-corrected chi connectivity index (χ0v) is 27.1. The number of aromatic nitrogens is 1. The molecule has 0 unspecified atom stereocenters. The summed E-state index contributed by atoms with van der Waals surface area (Å²) >= 11 is 8.05. The van der Waals surface area contributed by atoms with Gasteiger partial charge in [0.1, 0.15) is 10.1 Å². The van der Waals surface area contributed by atoms with E-state index in [0.717, 1.165) is 47.6 Å². The van der Waals surface area contributed by atoms with Crippen molar-refractivity contribution in [1.82, 2.24) is 9.88 Å². The Labute approximate surface area is 274 Å². The highest BCUT2D eigenvalue weighted by Gasteiger charge is 2.32. The van der Waals surface area contributed by atoms with Gasteiger partial charge in [0.15, 0.2) is 5.13 Å². The summed E-state index contributed by atoms with van der Waals surface area (Å²) in [5.41, 5.74) is 0.708. The van der Waals surface area contributed by atoms with E-state index >= 15 is 0 Å². The van der Waals surface area contributed by atoms with E-state index in [1.807, 2.05) is 30.3 Å². The molecular formula is C33H34F3N3O3S3. The topological polar surface area (TPSA) is 71.5 Å². The van der Waals surface area contributed by atoms with Crippen LogP contribution < -0.4 is 10.1 Å². The number of nitrogens with one attached hydrogen (secondary N) is 1. The van der Waals surface area contributed by atoms with Crippen molar-refractivity contribution in [3.05, 3.63) is 81.2 Å². The van der Waals surface area contributed by atoms with Crippen LogP contribution in [0.4, 0.5) is 18.3 Å². The molecule has 238 valence electrons. The van der Waals surface area contributed by atoms with Gasteiger partial charge < -0.3 is 10.1 Å². The SMILES string of the molecule is O=C(CCCCCN1C(=O)/C(=C/c2ccccc2OC2CCCCC2)SC1=S)Nc1ncc(Cc2cccc(C(F)(F)F)c2)s1. The molecule has 1 N–H and O–H groups in total. The zero-order chi connectivity index (χ0) is 31.8. The Kier molecular flexibility index (Phi) is 11.3. The summed E-state index contributed by atoms with van der Waals surface area (Å²) < 4.78 is 45.8. The van der Waals surface area contributed by atoms with Gasteiger partial charge in [0.25, 0.3) is 5.91 Å². The zero-order valence-electron chi connectivity index (χ0n) is 24.6. The Morgan fingerprint density at radius 1 is 1.09 bits per heavy atom. The van der Waals surface area contributed by atoms with Gasteiger partial charge in [-0.25, -0.2) is 4.98 Å². The number of benzene rings is 2. The van der Waals surface area contributed by atoms with Crippen LogP contribution in [0.5, 0.6) is 5.75 Å². The molecule has 45 heavy (non-hydrogen) atoms. The monoisotopic (exact) mass is 673 g/mol. The molecule has 2 amide bonds. The fourth-order valence-corrected chi connectivity index (χ4v) is 7.49. The molecule has 12 heteroatoms. The molecule has 0 radical (unpaired) electrons. The number of para-hydroxylation sites is 1. The van der Waals surface area contributed by atoms with E-state index in [1.54, 1.807) is 17.2 Å². The number of carbonyl (C=O) groups excluding carboxylic acids is 2. The standard InChI is InChI=1S/C33H34F3N3O3S3/c34-33(35,36)24-12-9-10-22(18-24)19-26-21-37-31(44-26)38-29(40)16-5-2-8-17-39-30(41)28(45-32(39)43)20-23-11-6-7-15-27(23)42-25-13-3-1-4-14-25/h6-7,9-12,15,18,20-21,25H,1-5,8,13-14,16-17,19H2,(H,37,38,40)/b28-20-. The van der Waals surface area contributed by atoms with E-state index in [-0.39, 0.29) is 17.9 Å². The predicted octanol–water partition coefficient (Wildman–Crippen LogP) is 8.86. The van der Waals surface area contributed by atoms with Crippen molar-refractivity contribution >= 4 is 62.7 Å². The predicted molar refractivity (Wildman–Crippen MR) is 177 cm³/mol. The molecule has 1 aromatic heterocycles. The summed E-state index contributed by atoms with van der Waals surface area (Å²) in [6, 6.07) is 13.0. The summed E-state index contributed by atoms with van der Waals surface area (Å²) in [6.45, 7) is 0.481. The Bertz CT molecular complexity index is 1550. The largest absolute Gasteiger partial charge is 0.490 e. The second kappa shape index (κ2) is 15.4. The van der Waals surface area contributed by atoms with Crippen LogP contribution >= 0.6 is 35.3 Å². The molecule has 1 aliphatic carbocycles. The van der Waals surface area contributed by atoms with E-state index in [2.05, 4.69) is 10.3 Å². The van der Waals surface area contributed by atoms with Gasteiger partial charge in [-0.15, -0.1) is 11.3 Å². The molecule has 2 heterocycles. The maximum absolute atomic E-state index is 13.2. The Balaban J connectivity index is 1.04.